The molecule has 7 heteroatoms. The molecule has 1 heterocycles. The summed E-state index contributed by atoms with van der Waals surface area (Å²) < 4.78 is 40.3. The predicted molar refractivity (Wildman–Crippen MR) is 66.8 cm³/mol. The molecule has 1 aromatic carbocycles. The van der Waals surface area contributed by atoms with E-state index in [1.165, 1.54) is 30.3 Å². The maximum absolute atomic E-state index is 12.2. The van der Waals surface area contributed by atoms with Gasteiger partial charge in [-0.3, -0.25) is 4.79 Å². The Bertz CT molecular complexity index is 644. The van der Waals surface area contributed by atoms with Gasteiger partial charge in [-0.05, 0) is 29.8 Å². The quantitative estimate of drug-likeness (QED) is 0.632. The van der Waals surface area contributed by atoms with Gasteiger partial charge in [0.1, 0.15) is 16.6 Å². The summed E-state index contributed by atoms with van der Waals surface area (Å²) in [4.78, 5) is 14.7. The molecule has 2 rings (SSSR count). The van der Waals surface area contributed by atoms with Gasteiger partial charge in [-0.15, -0.1) is 13.2 Å². The zero-order chi connectivity index (χ0) is 14.8. The Kier molecular flexibility index (Phi) is 3.94. The molecule has 0 aliphatic heterocycles. The number of nitrogens with zero attached hydrogens (tertiary/aromatic N) is 1. The number of carbonyl (C=O) groups excluding carboxylic acids is 1. The van der Waals surface area contributed by atoms with E-state index in [9.17, 15) is 18.0 Å². The van der Waals surface area contributed by atoms with E-state index < -0.39 is 6.36 Å². The fourth-order valence-corrected chi connectivity index (χ4v) is 1.80. The highest BCUT2D eigenvalue weighted by Crippen LogP contribution is 2.29. The van der Waals surface area contributed by atoms with Crippen molar-refractivity contribution in [3.63, 3.8) is 0 Å². The maximum atomic E-state index is 12.2. The van der Waals surface area contributed by atoms with E-state index in [4.69, 9.17) is 11.6 Å². The Morgan fingerprint density at radius 3 is 2.60 bits per heavy atom. The Hall–Kier alpha value is -2.08. The van der Waals surface area contributed by atoms with Crippen LogP contribution in [0.3, 0.4) is 0 Å². The van der Waals surface area contributed by atoms with Crippen LogP contribution < -0.4 is 4.74 Å². The SMILES string of the molecule is O=Cc1nc(Cl)ccc1-c1cccc(OC(F)(F)F)c1. The average Bonchev–Trinajstić information content (AvgIpc) is 2.36. The number of aldehydes is 1. The molecule has 3 nitrogen and oxygen atoms in total. The molecular weight excluding hydrogens is 295 g/mol. The lowest BCUT2D eigenvalue weighted by Crippen LogP contribution is -2.17. The number of halogens is 4. The Morgan fingerprint density at radius 1 is 1.20 bits per heavy atom. The van der Waals surface area contributed by atoms with Gasteiger partial charge in [-0.2, -0.15) is 0 Å². The lowest BCUT2D eigenvalue weighted by Gasteiger charge is -2.10. The highest BCUT2D eigenvalue weighted by molar-refractivity contribution is 6.29. The highest BCUT2D eigenvalue weighted by atomic mass is 35.5. The van der Waals surface area contributed by atoms with Gasteiger partial charge < -0.3 is 4.74 Å². The molecule has 0 radical (unpaired) electrons. The first-order valence-corrected chi connectivity index (χ1v) is 5.75. The number of hydrogen-bond donors (Lipinski definition) is 0. The first-order valence-electron chi connectivity index (χ1n) is 5.37. The fourth-order valence-electron chi connectivity index (χ4n) is 1.64. The van der Waals surface area contributed by atoms with Gasteiger partial charge in [0.05, 0.1) is 0 Å². The normalized spacial score (nSPS) is 11.2. The summed E-state index contributed by atoms with van der Waals surface area (Å²) in [5.74, 6) is -0.373. The van der Waals surface area contributed by atoms with Crippen molar-refractivity contribution in [3.8, 4) is 16.9 Å². The lowest BCUT2D eigenvalue weighted by molar-refractivity contribution is -0.274. The molecule has 0 N–H and O–H groups in total. The monoisotopic (exact) mass is 301 g/mol. The zero-order valence-corrected chi connectivity index (χ0v) is 10.6. The Labute approximate surface area is 117 Å². The van der Waals surface area contributed by atoms with E-state index in [0.29, 0.717) is 17.4 Å². The van der Waals surface area contributed by atoms with E-state index in [1.54, 1.807) is 6.07 Å². The number of alkyl halides is 3. The van der Waals surface area contributed by atoms with Gasteiger partial charge in [0.15, 0.2) is 6.29 Å². The first-order chi connectivity index (χ1) is 9.39. The van der Waals surface area contributed by atoms with Crippen molar-refractivity contribution in [1.82, 2.24) is 4.98 Å². The molecule has 2 aromatic rings. The molecule has 0 atom stereocenters. The summed E-state index contributed by atoms with van der Waals surface area (Å²) in [5.41, 5.74) is 0.789. The number of carbonyl (C=O) groups is 1. The van der Waals surface area contributed by atoms with E-state index in [2.05, 4.69) is 9.72 Å². The summed E-state index contributed by atoms with van der Waals surface area (Å²) in [6, 6.07) is 8.22. The maximum Gasteiger partial charge on any atom is 0.573 e. The Morgan fingerprint density at radius 2 is 1.95 bits per heavy atom. The summed E-state index contributed by atoms with van der Waals surface area (Å²) in [6.45, 7) is 0. The van der Waals surface area contributed by atoms with Crippen molar-refractivity contribution in [2.45, 2.75) is 6.36 Å². The van der Waals surface area contributed by atoms with Crippen LogP contribution in [0.1, 0.15) is 10.5 Å². The Balaban J connectivity index is 2.43. The number of aromatic nitrogens is 1. The van der Waals surface area contributed by atoms with Gasteiger partial charge >= 0.3 is 6.36 Å². The summed E-state index contributed by atoms with van der Waals surface area (Å²) >= 11 is 5.66. The van der Waals surface area contributed by atoms with Crippen molar-refractivity contribution in [2.75, 3.05) is 0 Å². The number of pyridine rings is 1. The van der Waals surface area contributed by atoms with Gasteiger partial charge in [0, 0.05) is 5.56 Å². The number of hydrogen-bond acceptors (Lipinski definition) is 3. The molecule has 1 aromatic heterocycles. The molecule has 20 heavy (non-hydrogen) atoms. The van der Waals surface area contributed by atoms with E-state index in [1.807, 2.05) is 0 Å². The molecular formula is C13H7ClF3NO2. The molecule has 0 aliphatic rings. The van der Waals surface area contributed by atoms with Crippen LogP contribution in [0.2, 0.25) is 5.15 Å². The first kappa shape index (κ1) is 14.3. The van der Waals surface area contributed by atoms with E-state index in [0.717, 1.165) is 0 Å². The molecule has 0 bridgehead atoms. The van der Waals surface area contributed by atoms with Gasteiger partial charge in [0.2, 0.25) is 0 Å². The molecule has 0 aliphatic carbocycles. The molecule has 0 saturated heterocycles. The van der Waals surface area contributed by atoms with Crippen molar-refractivity contribution >= 4 is 17.9 Å². The van der Waals surface area contributed by atoms with Crippen LogP contribution in [-0.4, -0.2) is 17.6 Å². The minimum absolute atomic E-state index is 0.0432. The zero-order valence-electron chi connectivity index (χ0n) is 9.82. The summed E-state index contributed by atoms with van der Waals surface area (Å²) in [6.07, 6.45) is -4.29. The van der Waals surface area contributed by atoms with Crippen LogP contribution in [0.4, 0.5) is 13.2 Å². The van der Waals surface area contributed by atoms with Crippen LogP contribution in [-0.2, 0) is 0 Å². The van der Waals surface area contributed by atoms with E-state index in [-0.39, 0.29) is 16.6 Å². The largest absolute Gasteiger partial charge is 0.573 e. The number of rotatable bonds is 3. The van der Waals surface area contributed by atoms with Crippen LogP contribution in [0.15, 0.2) is 36.4 Å². The lowest BCUT2D eigenvalue weighted by atomic mass is 10.0. The predicted octanol–water partition coefficient (Wildman–Crippen LogP) is 4.11. The highest BCUT2D eigenvalue weighted by Gasteiger charge is 2.31. The third-order valence-electron chi connectivity index (χ3n) is 2.38. The van der Waals surface area contributed by atoms with Crippen LogP contribution in [0.5, 0.6) is 5.75 Å². The van der Waals surface area contributed by atoms with Gasteiger partial charge in [-0.1, -0.05) is 23.7 Å². The van der Waals surface area contributed by atoms with Crippen LogP contribution >= 0.6 is 11.6 Å². The summed E-state index contributed by atoms with van der Waals surface area (Å²) in [5, 5.41) is 0.124. The van der Waals surface area contributed by atoms with Crippen LogP contribution in [0, 0.1) is 0 Å². The van der Waals surface area contributed by atoms with Crippen molar-refractivity contribution in [2.24, 2.45) is 0 Å². The van der Waals surface area contributed by atoms with Gasteiger partial charge in [-0.25, -0.2) is 4.98 Å². The second kappa shape index (κ2) is 5.50. The third kappa shape index (κ3) is 3.48. The van der Waals surface area contributed by atoms with Crippen molar-refractivity contribution in [3.05, 3.63) is 47.2 Å². The molecule has 0 fully saturated rings. The third-order valence-corrected chi connectivity index (χ3v) is 2.59. The minimum Gasteiger partial charge on any atom is -0.406 e. The van der Waals surface area contributed by atoms with E-state index >= 15 is 0 Å². The second-order valence-corrected chi connectivity index (χ2v) is 4.15. The average molecular weight is 302 g/mol. The molecule has 0 unspecified atom stereocenters. The standard InChI is InChI=1S/C13H7ClF3NO2/c14-12-5-4-10(11(7-19)18-12)8-2-1-3-9(6-8)20-13(15,16)17/h1-7H. The van der Waals surface area contributed by atoms with Gasteiger partial charge in [0.25, 0.3) is 0 Å². The second-order valence-electron chi connectivity index (χ2n) is 3.76. The molecule has 104 valence electrons. The topological polar surface area (TPSA) is 39.2 Å². The fraction of sp³-hybridized carbons (Fsp3) is 0.0769. The van der Waals surface area contributed by atoms with Crippen molar-refractivity contribution < 1.29 is 22.7 Å². The minimum atomic E-state index is -4.77. The molecule has 0 spiro atoms. The smallest absolute Gasteiger partial charge is 0.406 e. The number of benzene rings is 1. The van der Waals surface area contributed by atoms with Crippen LogP contribution in [0.25, 0.3) is 11.1 Å². The number of ether oxygens (including phenoxy) is 1. The molecule has 0 amide bonds. The van der Waals surface area contributed by atoms with Crippen molar-refractivity contribution in [1.29, 1.82) is 0 Å². The summed E-state index contributed by atoms with van der Waals surface area (Å²) in [7, 11) is 0. The molecule has 0 saturated carbocycles.